The van der Waals surface area contributed by atoms with Gasteiger partial charge in [0.2, 0.25) is 0 Å². The summed E-state index contributed by atoms with van der Waals surface area (Å²) in [6.07, 6.45) is 1.84. The van der Waals surface area contributed by atoms with E-state index in [4.69, 9.17) is 5.73 Å². The highest BCUT2D eigenvalue weighted by Crippen LogP contribution is 2.10. The van der Waals surface area contributed by atoms with Crippen molar-refractivity contribution in [2.75, 3.05) is 13.1 Å². The molecule has 100 valence electrons. The molecule has 0 aliphatic carbocycles. The molecule has 2 rings (SSSR count). The van der Waals surface area contributed by atoms with Crippen LogP contribution in [0.4, 0.5) is 0 Å². The van der Waals surface area contributed by atoms with Gasteiger partial charge in [0.25, 0.3) is 0 Å². The number of fused-ring (bicyclic) bond motifs is 1. The number of hydrogen-bond acceptors (Lipinski definition) is 2. The molecule has 3 N–H and O–H groups in total. The molecule has 0 amide bonds. The smallest absolute Gasteiger partial charge is 0.188 e. The maximum Gasteiger partial charge on any atom is 0.188 e. The molecule has 5 nitrogen and oxygen atoms in total. The van der Waals surface area contributed by atoms with E-state index in [0.29, 0.717) is 19.0 Å². The van der Waals surface area contributed by atoms with Gasteiger partial charge in [0.05, 0.1) is 23.9 Å². The quantitative estimate of drug-likeness (QED) is 0.485. The number of nitrogens with one attached hydrogen (secondary N) is 1. The Kier molecular flexibility index (Phi) is 4.18. The summed E-state index contributed by atoms with van der Waals surface area (Å²) < 4.78 is 2.09. The lowest BCUT2D eigenvalue weighted by atomic mass is 10.3. The third-order valence-corrected chi connectivity index (χ3v) is 2.71. The van der Waals surface area contributed by atoms with Gasteiger partial charge in [-0.25, -0.2) is 9.98 Å². The minimum atomic E-state index is 0.451. The van der Waals surface area contributed by atoms with Crippen molar-refractivity contribution in [1.29, 1.82) is 0 Å². The molecule has 0 saturated carbocycles. The molecule has 0 bridgehead atoms. The summed E-state index contributed by atoms with van der Waals surface area (Å²) in [6.45, 7) is 7.78. The molecular weight excluding hydrogens is 238 g/mol. The van der Waals surface area contributed by atoms with Crippen molar-refractivity contribution in [3.05, 3.63) is 42.7 Å². The van der Waals surface area contributed by atoms with E-state index in [0.717, 1.165) is 23.2 Å². The van der Waals surface area contributed by atoms with Crippen LogP contribution in [0.5, 0.6) is 0 Å². The molecule has 0 spiro atoms. The van der Waals surface area contributed by atoms with Gasteiger partial charge in [-0.1, -0.05) is 24.3 Å². The van der Waals surface area contributed by atoms with Gasteiger partial charge < -0.3 is 15.6 Å². The zero-order valence-electron chi connectivity index (χ0n) is 11.1. The highest BCUT2D eigenvalue weighted by Gasteiger charge is 2.00. The molecule has 0 saturated heterocycles. The number of benzene rings is 1. The third kappa shape index (κ3) is 3.58. The molecule has 1 aromatic heterocycles. The molecule has 0 radical (unpaired) electrons. The summed E-state index contributed by atoms with van der Waals surface area (Å²) in [6, 6.07) is 8.06. The Morgan fingerprint density at radius 3 is 3.05 bits per heavy atom. The molecule has 0 fully saturated rings. The molecule has 1 aromatic carbocycles. The van der Waals surface area contributed by atoms with Crippen LogP contribution in [0.1, 0.15) is 6.92 Å². The zero-order chi connectivity index (χ0) is 13.7. The van der Waals surface area contributed by atoms with E-state index in [1.165, 1.54) is 0 Å². The van der Waals surface area contributed by atoms with Gasteiger partial charge in [0.15, 0.2) is 5.96 Å². The van der Waals surface area contributed by atoms with E-state index in [9.17, 15) is 0 Å². The van der Waals surface area contributed by atoms with Crippen molar-refractivity contribution < 1.29 is 0 Å². The number of guanidine groups is 1. The van der Waals surface area contributed by atoms with Gasteiger partial charge in [0.1, 0.15) is 0 Å². The monoisotopic (exact) mass is 257 g/mol. The second kappa shape index (κ2) is 6.04. The SMILES string of the molecule is C=C(C)CN=C(N)NCCn1cnc2ccccc21. The molecule has 0 unspecified atom stereocenters. The number of aromatic nitrogens is 2. The Hall–Kier alpha value is -2.30. The van der Waals surface area contributed by atoms with Gasteiger partial charge in [-0.15, -0.1) is 0 Å². The van der Waals surface area contributed by atoms with Crippen molar-refractivity contribution in [1.82, 2.24) is 14.9 Å². The van der Waals surface area contributed by atoms with Crippen LogP contribution in [0.2, 0.25) is 0 Å². The Balaban J connectivity index is 1.89. The summed E-state index contributed by atoms with van der Waals surface area (Å²) in [7, 11) is 0. The summed E-state index contributed by atoms with van der Waals surface area (Å²) in [5, 5.41) is 3.08. The van der Waals surface area contributed by atoms with Gasteiger partial charge >= 0.3 is 0 Å². The normalized spacial score (nSPS) is 11.7. The van der Waals surface area contributed by atoms with Crippen LogP contribution in [0.25, 0.3) is 11.0 Å². The number of nitrogens with two attached hydrogens (primary N) is 1. The number of imidazole rings is 1. The van der Waals surface area contributed by atoms with Crippen molar-refractivity contribution in [3.63, 3.8) is 0 Å². The zero-order valence-corrected chi connectivity index (χ0v) is 11.1. The first-order valence-electron chi connectivity index (χ1n) is 6.25. The Bertz CT molecular complexity index is 597. The number of rotatable bonds is 5. The van der Waals surface area contributed by atoms with Crippen molar-refractivity contribution in [2.45, 2.75) is 13.5 Å². The maximum atomic E-state index is 5.75. The Morgan fingerprint density at radius 1 is 1.47 bits per heavy atom. The van der Waals surface area contributed by atoms with Crippen LogP contribution < -0.4 is 11.1 Å². The molecule has 0 atom stereocenters. The second-order valence-corrected chi connectivity index (χ2v) is 4.51. The standard InChI is InChI=1S/C14H19N5/c1-11(2)9-17-14(15)16-7-8-19-10-18-12-5-3-4-6-13(12)19/h3-6,10H,1,7-9H2,2H3,(H3,15,16,17). The fourth-order valence-electron chi connectivity index (χ4n) is 1.77. The van der Waals surface area contributed by atoms with Gasteiger partial charge in [-0.2, -0.15) is 0 Å². The fraction of sp³-hybridized carbons (Fsp3) is 0.286. The topological polar surface area (TPSA) is 68.2 Å². The van der Waals surface area contributed by atoms with E-state index in [1.807, 2.05) is 31.5 Å². The van der Waals surface area contributed by atoms with Crippen LogP contribution in [0.15, 0.2) is 47.7 Å². The molecule has 19 heavy (non-hydrogen) atoms. The highest BCUT2D eigenvalue weighted by atomic mass is 15.1. The molecular formula is C14H19N5. The molecule has 0 aliphatic rings. The second-order valence-electron chi connectivity index (χ2n) is 4.51. The lowest BCUT2D eigenvalue weighted by Gasteiger charge is -2.07. The summed E-state index contributed by atoms with van der Waals surface area (Å²) >= 11 is 0. The van der Waals surface area contributed by atoms with Gasteiger partial charge in [-0.3, -0.25) is 0 Å². The Morgan fingerprint density at radius 2 is 2.26 bits per heavy atom. The number of hydrogen-bond donors (Lipinski definition) is 2. The van der Waals surface area contributed by atoms with E-state index >= 15 is 0 Å². The lowest BCUT2D eigenvalue weighted by Crippen LogP contribution is -2.34. The summed E-state index contributed by atoms with van der Waals surface area (Å²) in [4.78, 5) is 8.50. The predicted octanol–water partition coefficient (Wildman–Crippen LogP) is 1.52. The van der Waals surface area contributed by atoms with E-state index < -0.39 is 0 Å². The number of nitrogens with zero attached hydrogens (tertiary/aromatic N) is 3. The first-order chi connectivity index (χ1) is 9.16. The number of aliphatic imine (C=N–C) groups is 1. The van der Waals surface area contributed by atoms with Gasteiger partial charge in [0, 0.05) is 13.1 Å². The van der Waals surface area contributed by atoms with Crippen LogP contribution in [0, 0.1) is 0 Å². The van der Waals surface area contributed by atoms with Crippen LogP contribution in [-0.4, -0.2) is 28.6 Å². The first-order valence-corrected chi connectivity index (χ1v) is 6.25. The van der Waals surface area contributed by atoms with Crippen LogP contribution in [-0.2, 0) is 6.54 Å². The Labute approximate surface area is 112 Å². The van der Waals surface area contributed by atoms with Crippen molar-refractivity contribution >= 4 is 17.0 Å². The van der Waals surface area contributed by atoms with E-state index in [1.54, 1.807) is 0 Å². The van der Waals surface area contributed by atoms with Crippen molar-refractivity contribution in [3.8, 4) is 0 Å². The summed E-state index contributed by atoms with van der Waals surface area (Å²) in [5.41, 5.74) is 8.87. The predicted molar refractivity (Wildman–Crippen MR) is 79.0 cm³/mol. The highest BCUT2D eigenvalue weighted by molar-refractivity contribution is 5.78. The number of para-hydroxylation sites is 2. The van der Waals surface area contributed by atoms with Gasteiger partial charge in [-0.05, 0) is 19.1 Å². The van der Waals surface area contributed by atoms with Crippen LogP contribution >= 0.6 is 0 Å². The van der Waals surface area contributed by atoms with E-state index in [-0.39, 0.29) is 0 Å². The summed E-state index contributed by atoms with van der Waals surface area (Å²) in [5.74, 6) is 0.451. The average Bonchev–Trinajstić information content (AvgIpc) is 2.80. The minimum absolute atomic E-state index is 0.451. The lowest BCUT2D eigenvalue weighted by molar-refractivity contribution is 0.687. The molecule has 2 aromatic rings. The van der Waals surface area contributed by atoms with E-state index in [2.05, 4.69) is 32.5 Å². The largest absolute Gasteiger partial charge is 0.370 e. The minimum Gasteiger partial charge on any atom is -0.370 e. The first kappa shape index (κ1) is 13.1. The molecule has 0 aliphatic heterocycles. The third-order valence-electron chi connectivity index (χ3n) is 2.71. The average molecular weight is 257 g/mol. The van der Waals surface area contributed by atoms with Crippen molar-refractivity contribution in [2.24, 2.45) is 10.7 Å². The maximum absolute atomic E-state index is 5.75. The molecule has 1 heterocycles. The van der Waals surface area contributed by atoms with Crippen LogP contribution in [0.3, 0.4) is 0 Å². The molecule has 5 heteroatoms. The fourth-order valence-corrected chi connectivity index (χ4v) is 1.77.